The summed E-state index contributed by atoms with van der Waals surface area (Å²) in [6, 6.07) is 8.87. The van der Waals surface area contributed by atoms with Gasteiger partial charge in [-0.3, -0.25) is 9.58 Å². The summed E-state index contributed by atoms with van der Waals surface area (Å²) < 4.78 is 7.35. The van der Waals surface area contributed by atoms with E-state index >= 15 is 0 Å². The lowest BCUT2D eigenvalue weighted by Gasteiger charge is -2.25. The van der Waals surface area contributed by atoms with Gasteiger partial charge in [0.05, 0.1) is 12.8 Å². The average Bonchev–Trinajstić information content (AvgIpc) is 3.04. The summed E-state index contributed by atoms with van der Waals surface area (Å²) in [6.45, 7) is 6.42. The monoisotopic (exact) mass is 299 g/mol. The maximum atomic E-state index is 5.34. The van der Waals surface area contributed by atoms with Gasteiger partial charge in [-0.15, -0.1) is 0 Å². The first-order valence-electron chi connectivity index (χ1n) is 7.97. The van der Waals surface area contributed by atoms with Crippen molar-refractivity contribution in [3.63, 3.8) is 0 Å². The largest absolute Gasteiger partial charge is 0.497 e. The van der Waals surface area contributed by atoms with Crippen LogP contribution in [0.1, 0.15) is 41.4 Å². The van der Waals surface area contributed by atoms with E-state index in [0.29, 0.717) is 6.04 Å². The summed E-state index contributed by atoms with van der Waals surface area (Å²) in [6.07, 6.45) is 2.47. The van der Waals surface area contributed by atoms with Crippen LogP contribution in [0.5, 0.6) is 5.75 Å². The van der Waals surface area contributed by atoms with Crippen LogP contribution >= 0.6 is 0 Å². The van der Waals surface area contributed by atoms with Crippen LogP contribution in [0.2, 0.25) is 0 Å². The predicted octanol–water partition coefficient (Wildman–Crippen LogP) is 3.38. The second-order valence-corrected chi connectivity index (χ2v) is 6.19. The lowest BCUT2D eigenvalue weighted by molar-refractivity contribution is 0.246. The third-order valence-corrected chi connectivity index (χ3v) is 4.78. The zero-order valence-electron chi connectivity index (χ0n) is 14.0. The third kappa shape index (κ3) is 2.75. The molecule has 118 valence electrons. The van der Waals surface area contributed by atoms with E-state index in [1.807, 2.05) is 17.8 Å². The zero-order chi connectivity index (χ0) is 15.7. The van der Waals surface area contributed by atoms with Gasteiger partial charge in [0.25, 0.3) is 0 Å². The molecule has 0 saturated carbocycles. The molecule has 1 aromatic carbocycles. The molecule has 4 heteroatoms. The summed E-state index contributed by atoms with van der Waals surface area (Å²) in [4.78, 5) is 2.58. The van der Waals surface area contributed by atoms with Gasteiger partial charge in [0.2, 0.25) is 0 Å². The number of aromatic nitrogens is 2. The van der Waals surface area contributed by atoms with E-state index in [1.54, 1.807) is 7.11 Å². The quantitative estimate of drug-likeness (QED) is 0.867. The van der Waals surface area contributed by atoms with Crippen LogP contribution in [-0.4, -0.2) is 28.3 Å². The Morgan fingerprint density at radius 2 is 2.14 bits per heavy atom. The first-order valence-corrected chi connectivity index (χ1v) is 7.97. The van der Waals surface area contributed by atoms with Crippen LogP contribution in [-0.2, 0) is 13.6 Å². The first-order chi connectivity index (χ1) is 10.6. The van der Waals surface area contributed by atoms with Gasteiger partial charge in [0.1, 0.15) is 5.75 Å². The highest BCUT2D eigenvalue weighted by molar-refractivity contribution is 5.31. The van der Waals surface area contributed by atoms with Gasteiger partial charge in [-0.1, -0.05) is 12.1 Å². The Morgan fingerprint density at radius 3 is 2.82 bits per heavy atom. The molecule has 1 aliphatic heterocycles. The highest BCUT2D eigenvalue weighted by atomic mass is 16.5. The number of hydrogen-bond donors (Lipinski definition) is 0. The van der Waals surface area contributed by atoms with Gasteiger partial charge >= 0.3 is 0 Å². The molecule has 0 bridgehead atoms. The minimum atomic E-state index is 0.486. The Morgan fingerprint density at radius 1 is 1.32 bits per heavy atom. The second-order valence-electron chi connectivity index (χ2n) is 6.19. The molecule has 0 amide bonds. The summed E-state index contributed by atoms with van der Waals surface area (Å²) in [5, 5.41) is 4.59. The molecule has 0 aliphatic carbocycles. The molecule has 1 aliphatic rings. The first kappa shape index (κ1) is 15.1. The van der Waals surface area contributed by atoms with Crippen molar-refractivity contribution in [1.82, 2.24) is 14.7 Å². The fraction of sp³-hybridized carbons (Fsp3) is 0.500. The zero-order valence-corrected chi connectivity index (χ0v) is 14.0. The van der Waals surface area contributed by atoms with Crippen LogP contribution in [0.3, 0.4) is 0 Å². The van der Waals surface area contributed by atoms with Crippen molar-refractivity contribution in [2.24, 2.45) is 7.05 Å². The van der Waals surface area contributed by atoms with Gasteiger partial charge < -0.3 is 4.74 Å². The number of likely N-dealkylation sites (tertiary alicyclic amines) is 1. The Bertz CT molecular complexity index is 662. The smallest absolute Gasteiger partial charge is 0.119 e. The second kappa shape index (κ2) is 6.13. The van der Waals surface area contributed by atoms with E-state index in [0.717, 1.165) is 18.8 Å². The van der Waals surface area contributed by atoms with Gasteiger partial charge in [0, 0.05) is 30.9 Å². The molecule has 0 radical (unpaired) electrons. The number of hydrogen-bond acceptors (Lipinski definition) is 3. The Kier molecular flexibility index (Phi) is 4.21. The molecule has 0 spiro atoms. The van der Waals surface area contributed by atoms with Crippen molar-refractivity contribution < 1.29 is 4.74 Å². The molecular weight excluding hydrogens is 274 g/mol. The Labute approximate surface area is 132 Å². The fourth-order valence-corrected chi connectivity index (χ4v) is 3.62. The standard InChI is InChI=1S/C18H25N3O/c1-13-18(14(2)20(3)19-13)17-9-6-10-21(17)12-15-7-5-8-16(11-15)22-4/h5,7-8,11,17H,6,9-10,12H2,1-4H3. The summed E-state index contributed by atoms with van der Waals surface area (Å²) in [5.41, 5.74) is 5.19. The van der Waals surface area contributed by atoms with Gasteiger partial charge in [-0.2, -0.15) is 5.10 Å². The molecule has 1 aromatic heterocycles. The number of ether oxygens (including phenoxy) is 1. The number of nitrogens with zero attached hydrogens (tertiary/aromatic N) is 3. The minimum absolute atomic E-state index is 0.486. The predicted molar refractivity (Wildman–Crippen MR) is 88.1 cm³/mol. The van der Waals surface area contributed by atoms with E-state index in [1.165, 1.54) is 35.4 Å². The van der Waals surface area contributed by atoms with Gasteiger partial charge in [-0.25, -0.2) is 0 Å². The van der Waals surface area contributed by atoms with Crippen molar-refractivity contribution in [2.75, 3.05) is 13.7 Å². The Hall–Kier alpha value is -1.81. The van der Waals surface area contributed by atoms with E-state index in [2.05, 4.69) is 42.0 Å². The third-order valence-electron chi connectivity index (χ3n) is 4.78. The molecule has 3 rings (SSSR count). The number of benzene rings is 1. The Balaban J connectivity index is 1.84. The average molecular weight is 299 g/mol. The van der Waals surface area contributed by atoms with E-state index in [9.17, 15) is 0 Å². The van der Waals surface area contributed by atoms with Crippen molar-refractivity contribution in [2.45, 2.75) is 39.3 Å². The van der Waals surface area contributed by atoms with E-state index in [4.69, 9.17) is 4.74 Å². The molecular formula is C18H25N3O. The highest BCUT2D eigenvalue weighted by Gasteiger charge is 2.30. The number of methoxy groups -OCH3 is 1. The number of aryl methyl sites for hydroxylation is 2. The van der Waals surface area contributed by atoms with Crippen molar-refractivity contribution in [1.29, 1.82) is 0 Å². The van der Waals surface area contributed by atoms with Crippen LogP contribution < -0.4 is 4.74 Å². The molecule has 1 atom stereocenters. The lowest BCUT2D eigenvalue weighted by atomic mass is 10.0. The summed E-state index contributed by atoms with van der Waals surface area (Å²) >= 11 is 0. The van der Waals surface area contributed by atoms with E-state index in [-0.39, 0.29) is 0 Å². The minimum Gasteiger partial charge on any atom is -0.497 e. The molecule has 22 heavy (non-hydrogen) atoms. The maximum absolute atomic E-state index is 5.34. The van der Waals surface area contributed by atoms with Crippen LogP contribution in [0.25, 0.3) is 0 Å². The molecule has 4 nitrogen and oxygen atoms in total. The van der Waals surface area contributed by atoms with Crippen LogP contribution in [0, 0.1) is 13.8 Å². The van der Waals surface area contributed by atoms with Crippen molar-refractivity contribution >= 4 is 0 Å². The fourth-order valence-electron chi connectivity index (χ4n) is 3.62. The molecule has 1 unspecified atom stereocenters. The highest BCUT2D eigenvalue weighted by Crippen LogP contribution is 2.36. The summed E-state index contributed by atoms with van der Waals surface area (Å²) in [5.74, 6) is 0.932. The topological polar surface area (TPSA) is 30.3 Å². The van der Waals surface area contributed by atoms with Crippen LogP contribution in [0.15, 0.2) is 24.3 Å². The molecule has 2 aromatic rings. The summed E-state index contributed by atoms with van der Waals surface area (Å²) in [7, 11) is 3.76. The number of rotatable bonds is 4. The van der Waals surface area contributed by atoms with Crippen molar-refractivity contribution in [3.05, 3.63) is 46.8 Å². The van der Waals surface area contributed by atoms with E-state index < -0.39 is 0 Å². The van der Waals surface area contributed by atoms with Gasteiger partial charge in [-0.05, 0) is 50.9 Å². The van der Waals surface area contributed by atoms with Crippen LogP contribution in [0.4, 0.5) is 0 Å². The molecule has 1 fully saturated rings. The molecule has 1 saturated heterocycles. The lowest BCUT2D eigenvalue weighted by Crippen LogP contribution is -2.23. The maximum Gasteiger partial charge on any atom is 0.119 e. The normalized spacial score (nSPS) is 18.8. The molecule has 0 N–H and O–H groups in total. The SMILES string of the molecule is COc1cccc(CN2CCCC2c2c(C)nn(C)c2C)c1. The van der Waals surface area contributed by atoms with Gasteiger partial charge in [0.15, 0.2) is 0 Å². The van der Waals surface area contributed by atoms with Crippen molar-refractivity contribution in [3.8, 4) is 5.75 Å². The molecule has 2 heterocycles.